The van der Waals surface area contributed by atoms with Gasteiger partial charge in [0.2, 0.25) is 5.89 Å². The number of nitrogens with zero attached hydrogens (tertiary/aromatic N) is 1. The zero-order valence-electron chi connectivity index (χ0n) is 12.9. The molecule has 0 unspecified atom stereocenters. The standard InChI is InChI=1S/C20H12ClNO3/c21-14-8-5-13(6-9-14)19-22-17(20(24)25-19)11-16-15-4-2-1-3-12(15)7-10-18(16)23/h1-11,24H/b16-11-. The molecule has 0 saturated heterocycles. The number of carbonyl (C=O) groups excluding carboxylic acids is 1. The van der Waals surface area contributed by atoms with Crippen molar-refractivity contribution < 1.29 is 14.3 Å². The normalized spacial score (nSPS) is 14.8. The summed E-state index contributed by atoms with van der Waals surface area (Å²) in [5.74, 6) is -0.223. The quantitative estimate of drug-likeness (QED) is 0.672. The molecule has 25 heavy (non-hydrogen) atoms. The zero-order chi connectivity index (χ0) is 17.4. The third-order valence-electron chi connectivity index (χ3n) is 3.94. The number of fused-ring (bicyclic) bond motifs is 1. The molecule has 1 aliphatic carbocycles. The molecule has 0 amide bonds. The van der Waals surface area contributed by atoms with Gasteiger partial charge in [0.1, 0.15) is 5.69 Å². The van der Waals surface area contributed by atoms with Gasteiger partial charge in [0.15, 0.2) is 5.78 Å². The van der Waals surface area contributed by atoms with Crippen LogP contribution in [0.4, 0.5) is 0 Å². The van der Waals surface area contributed by atoms with E-state index in [0.29, 0.717) is 16.2 Å². The molecule has 4 rings (SSSR count). The van der Waals surface area contributed by atoms with Crippen LogP contribution in [-0.2, 0) is 4.79 Å². The Labute approximate surface area is 148 Å². The molecular formula is C20H12ClNO3. The Morgan fingerprint density at radius 3 is 2.60 bits per heavy atom. The van der Waals surface area contributed by atoms with Gasteiger partial charge in [-0.05, 0) is 47.5 Å². The average Bonchev–Trinajstić information content (AvgIpc) is 2.99. The van der Waals surface area contributed by atoms with Crippen molar-refractivity contribution in [2.75, 3.05) is 0 Å². The van der Waals surface area contributed by atoms with Crippen molar-refractivity contribution in [3.05, 3.63) is 76.5 Å². The molecule has 0 radical (unpaired) electrons. The first-order valence-corrected chi connectivity index (χ1v) is 7.99. The van der Waals surface area contributed by atoms with Crippen molar-refractivity contribution in [2.24, 2.45) is 0 Å². The van der Waals surface area contributed by atoms with Crippen molar-refractivity contribution in [1.82, 2.24) is 4.98 Å². The van der Waals surface area contributed by atoms with Gasteiger partial charge in [0.25, 0.3) is 0 Å². The Balaban J connectivity index is 1.78. The molecule has 4 nitrogen and oxygen atoms in total. The number of rotatable bonds is 2. The molecule has 122 valence electrons. The number of aromatic hydroxyl groups is 1. The van der Waals surface area contributed by atoms with E-state index in [1.165, 1.54) is 6.08 Å². The maximum Gasteiger partial charge on any atom is 0.310 e. The first-order valence-electron chi connectivity index (χ1n) is 7.61. The minimum atomic E-state index is -0.336. The number of hydrogen-bond acceptors (Lipinski definition) is 4. The molecular weight excluding hydrogens is 338 g/mol. The topological polar surface area (TPSA) is 63.3 Å². The maximum absolute atomic E-state index is 12.3. The second-order valence-corrected chi connectivity index (χ2v) is 6.00. The number of aromatic nitrogens is 1. The van der Waals surface area contributed by atoms with Crippen molar-refractivity contribution in [2.45, 2.75) is 0 Å². The van der Waals surface area contributed by atoms with Gasteiger partial charge in [-0.25, -0.2) is 4.98 Å². The summed E-state index contributed by atoms with van der Waals surface area (Å²) in [4.78, 5) is 16.6. The van der Waals surface area contributed by atoms with Gasteiger partial charge in [0.05, 0.1) is 0 Å². The number of oxazole rings is 1. The van der Waals surface area contributed by atoms with Crippen molar-refractivity contribution in [3.8, 4) is 17.4 Å². The number of benzene rings is 2. The Morgan fingerprint density at radius 1 is 1.04 bits per heavy atom. The summed E-state index contributed by atoms with van der Waals surface area (Å²) < 4.78 is 5.33. The van der Waals surface area contributed by atoms with Gasteiger partial charge in [0, 0.05) is 16.2 Å². The van der Waals surface area contributed by atoms with Crippen molar-refractivity contribution in [1.29, 1.82) is 0 Å². The van der Waals surface area contributed by atoms with E-state index in [1.54, 1.807) is 36.4 Å². The number of allylic oxidation sites excluding steroid dienone is 2. The fourth-order valence-corrected chi connectivity index (χ4v) is 2.82. The van der Waals surface area contributed by atoms with E-state index < -0.39 is 0 Å². The molecule has 0 spiro atoms. The predicted molar refractivity (Wildman–Crippen MR) is 97.0 cm³/mol. The third kappa shape index (κ3) is 2.88. The molecule has 1 aromatic heterocycles. The van der Waals surface area contributed by atoms with Crippen LogP contribution in [0.25, 0.3) is 29.2 Å². The molecule has 1 heterocycles. The number of hydrogen-bond donors (Lipinski definition) is 1. The Morgan fingerprint density at radius 2 is 1.80 bits per heavy atom. The second-order valence-electron chi connectivity index (χ2n) is 5.56. The summed E-state index contributed by atoms with van der Waals surface area (Å²) >= 11 is 5.87. The molecule has 0 saturated carbocycles. The molecule has 0 atom stereocenters. The number of carbonyl (C=O) groups is 1. The maximum atomic E-state index is 12.3. The van der Waals surface area contributed by atoms with Gasteiger partial charge in [-0.2, -0.15) is 0 Å². The predicted octanol–water partition coefficient (Wildman–Crippen LogP) is 4.84. The summed E-state index contributed by atoms with van der Waals surface area (Å²) in [7, 11) is 0. The first-order chi connectivity index (χ1) is 12.1. The number of halogens is 1. The van der Waals surface area contributed by atoms with Gasteiger partial charge < -0.3 is 9.52 Å². The van der Waals surface area contributed by atoms with E-state index in [-0.39, 0.29) is 23.3 Å². The van der Waals surface area contributed by atoms with E-state index in [4.69, 9.17) is 16.0 Å². The first kappa shape index (κ1) is 15.4. The molecule has 5 heteroatoms. The summed E-state index contributed by atoms with van der Waals surface area (Å²) in [6.07, 6.45) is 4.82. The van der Waals surface area contributed by atoms with Gasteiger partial charge >= 0.3 is 5.95 Å². The summed E-state index contributed by atoms with van der Waals surface area (Å²) in [6.45, 7) is 0. The lowest BCUT2D eigenvalue weighted by Crippen LogP contribution is -2.04. The molecule has 0 aliphatic heterocycles. The lowest BCUT2D eigenvalue weighted by molar-refractivity contribution is -0.109. The van der Waals surface area contributed by atoms with E-state index in [1.807, 2.05) is 24.3 Å². The highest BCUT2D eigenvalue weighted by atomic mass is 35.5. The summed E-state index contributed by atoms with van der Waals surface area (Å²) in [5, 5.41) is 10.7. The minimum Gasteiger partial charge on any atom is -0.479 e. The highest BCUT2D eigenvalue weighted by Gasteiger charge is 2.19. The SMILES string of the molecule is O=C1C=Cc2ccccc2/C1=C/c1nc(-c2ccc(Cl)cc2)oc1O. The van der Waals surface area contributed by atoms with Crippen LogP contribution >= 0.6 is 11.6 Å². The smallest absolute Gasteiger partial charge is 0.310 e. The Bertz CT molecular complexity index is 1030. The van der Waals surface area contributed by atoms with Crippen LogP contribution in [0.5, 0.6) is 5.95 Å². The van der Waals surface area contributed by atoms with Crippen LogP contribution in [0, 0.1) is 0 Å². The Hall–Kier alpha value is -3.11. The van der Waals surface area contributed by atoms with Crippen LogP contribution in [0.3, 0.4) is 0 Å². The lowest BCUT2D eigenvalue weighted by Gasteiger charge is -2.12. The highest BCUT2D eigenvalue weighted by Crippen LogP contribution is 2.32. The molecule has 1 N–H and O–H groups in total. The fraction of sp³-hybridized carbons (Fsp3) is 0. The largest absolute Gasteiger partial charge is 0.479 e. The Kier molecular flexibility index (Phi) is 3.75. The molecule has 0 fully saturated rings. The van der Waals surface area contributed by atoms with Crippen LogP contribution in [0.15, 0.2) is 59.0 Å². The average molecular weight is 350 g/mol. The molecule has 3 aromatic rings. The van der Waals surface area contributed by atoms with Gasteiger partial charge in [-0.1, -0.05) is 41.9 Å². The van der Waals surface area contributed by atoms with Crippen LogP contribution in [-0.4, -0.2) is 15.9 Å². The monoisotopic (exact) mass is 349 g/mol. The van der Waals surface area contributed by atoms with Gasteiger partial charge in [-0.15, -0.1) is 0 Å². The third-order valence-corrected chi connectivity index (χ3v) is 4.19. The van der Waals surface area contributed by atoms with Crippen LogP contribution in [0.1, 0.15) is 16.8 Å². The van der Waals surface area contributed by atoms with E-state index >= 15 is 0 Å². The van der Waals surface area contributed by atoms with Crippen molar-refractivity contribution >= 4 is 35.1 Å². The van der Waals surface area contributed by atoms with E-state index in [0.717, 1.165) is 11.1 Å². The molecule has 2 aromatic carbocycles. The zero-order valence-corrected chi connectivity index (χ0v) is 13.7. The summed E-state index contributed by atoms with van der Waals surface area (Å²) in [5.41, 5.74) is 3.09. The number of ketones is 1. The molecule has 0 bridgehead atoms. The van der Waals surface area contributed by atoms with E-state index in [9.17, 15) is 9.90 Å². The highest BCUT2D eigenvalue weighted by molar-refractivity contribution is 6.33. The summed E-state index contributed by atoms with van der Waals surface area (Å²) in [6, 6.07) is 14.5. The van der Waals surface area contributed by atoms with Crippen LogP contribution < -0.4 is 0 Å². The van der Waals surface area contributed by atoms with Crippen molar-refractivity contribution in [3.63, 3.8) is 0 Å². The van der Waals surface area contributed by atoms with Crippen LogP contribution in [0.2, 0.25) is 5.02 Å². The van der Waals surface area contributed by atoms with Gasteiger partial charge in [-0.3, -0.25) is 4.79 Å². The lowest BCUT2D eigenvalue weighted by atomic mass is 9.91. The fourth-order valence-electron chi connectivity index (χ4n) is 2.70. The minimum absolute atomic E-state index is 0.144. The second kappa shape index (κ2) is 6.07. The molecule has 1 aliphatic rings. The van der Waals surface area contributed by atoms with E-state index in [2.05, 4.69) is 4.98 Å².